The van der Waals surface area contributed by atoms with Crippen LogP contribution in [0.3, 0.4) is 0 Å². The molecule has 0 unspecified atom stereocenters. The quantitative estimate of drug-likeness (QED) is 0.567. The van der Waals surface area contributed by atoms with Gasteiger partial charge in [0.05, 0.1) is 18.8 Å². The van der Waals surface area contributed by atoms with Crippen molar-refractivity contribution in [2.75, 3.05) is 51.3 Å². The average molecular weight is 440 g/mol. The zero-order valence-corrected chi connectivity index (χ0v) is 18.8. The van der Waals surface area contributed by atoms with E-state index in [4.69, 9.17) is 4.74 Å². The Bertz CT molecular complexity index is 879. The molecule has 4 rings (SSSR count). The second kappa shape index (κ2) is 10.3. The van der Waals surface area contributed by atoms with E-state index in [-0.39, 0.29) is 5.91 Å². The first-order valence-electron chi connectivity index (χ1n) is 11.4. The van der Waals surface area contributed by atoms with Gasteiger partial charge in [0.25, 0.3) is 0 Å². The van der Waals surface area contributed by atoms with Crippen molar-refractivity contribution in [3.8, 4) is 5.75 Å². The Hall–Kier alpha value is -2.71. The second-order valence-corrected chi connectivity index (χ2v) is 8.95. The van der Waals surface area contributed by atoms with Crippen LogP contribution in [0, 0.1) is 0 Å². The summed E-state index contributed by atoms with van der Waals surface area (Å²) in [7, 11) is 2.03. The molecular weight excluding hydrogens is 406 g/mol. The van der Waals surface area contributed by atoms with Crippen molar-refractivity contribution in [1.82, 2.24) is 19.8 Å². The number of carbonyl (C=O) groups excluding carboxylic acids is 1. The predicted molar refractivity (Wildman–Crippen MR) is 123 cm³/mol. The monoisotopic (exact) mass is 439 g/mol. The van der Waals surface area contributed by atoms with Gasteiger partial charge in [0.15, 0.2) is 0 Å². The minimum absolute atomic E-state index is 0.266. The number of anilines is 1. The van der Waals surface area contributed by atoms with Gasteiger partial charge in [-0.15, -0.1) is 0 Å². The molecule has 2 saturated heterocycles. The molecule has 172 valence electrons. The van der Waals surface area contributed by atoms with Crippen LogP contribution in [0.2, 0.25) is 0 Å². The Balaban J connectivity index is 1.19. The first kappa shape index (κ1) is 22.5. The van der Waals surface area contributed by atoms with Gasteiger partial charge in [-0.3, -0.25) is 9.69 Å². The summed E-state index contributed by atoms with van der Waals surface area (Å²) in [5.74, 6) is 1.78. The van der Waals surface area contributed by atoms with Crippen molar-refractivity contribution < 1.29 is 14.6 Å². The lowest BCUT2D eigenvalue weighted by Gasteiger charge is -2.29. The summed E-state index contributed by atoms with van der Waals surface area (Å²) in [5, 5.41) is 11.0. The SMILES string of the molecule is CN(Cc1ccc(OCCCN2CCCC2=O)cc1)C[C@@]1(O)CCN(c2ncccn2)C1. The largest absolute Gasteiger partial charge is 0.494 e. The number of β-amino-alcohol motifs (C(OH)–C–C–N with tert-alkyl or cyclic N) is 1. The lowest BCUT2D eigenvalue weighted by atomic mass is 10.0. The number of carbonyl (C=O) groups is 1. The fourth-order valence-corrected chi connectivity index (χ4v) is 4.56. The summed E-state index contributed by atoms with van der Waals surface area (Å²) in [6.45, 7) is 4.90. The molecule has 1 amide bonds. The van der Waals surface area contributed by atoms with Gasteiger partial charge in [-0.05, 0) is 50.1 Å². The number of aliphatic hydroxyl groups is 1. The van der Waals surface area contributed by atoms with Crippen LogP contribution < -0.4 is 9.64 Å². The number of benzene rings is 1. The summed E-state index contributed by atoms with van der Waals surface area (Å²) in [4.78, 5) is 26.3. The van der Waals surface area contributed by atoms with Crippen LogP contribution in [0.25, 0.3) is 0 Å². The van der Waals surface area contributed by atoms with Crippen LogP contribution in [0.4, 0.5) is 5.95 Å². The van der Waals surface area contributed by atoms with Crippen molar-refractivity contribution in [3.63, 3.8) is 0 Å². The van der Waals surface area contributed by atoms with Gasteiger partial charge in [-0.2, -0.15) is 0 Å². The Kier molecular flexibility index (Phi) is 7.22. The lowest BCUT2D eigenvalue weighted by Crippen LogP contribution is -2.43. The van der Waals surface area contributed by atoms with Gasteiger partial charge in [0.1, 0.15) is 5.75 Å². The number of likely N-dealkylation sites (N-methyl/N-ethyl adjacent to an activating group) is 1. The fourth-order valence-electron chi connectivity index (χ4n) is 4.56. The van der Waals surface area contributed by atoms with Crippen molar-refractivity contribution >= 4 is 11.9 Å². The third-order valence-corrected chi connectivity index (χ3v) is 6.12. The lowest BCUT2D eigenvalue weighted by molar-refractivity contribution is -0.127. The molecule has 1 aromatic carbocycles. The van der Waals surface area contributed by atoms with E-state index in [1.807, 2.05) is 29.0 Å². The summed E-state index contributed by atoms with van der Waals surface area (Å²) in [6.07, 6.45) is 6.67. The maximum Gasteiger partial charge on any atom is 0.225 e. The number of hydrogen-bond donors (Lipinski definition) is 1. The number of hydrogen-bond acceptors (Lipinski definition) is 7. The molecule has 0 bridgehead atoms. The molecule has 1 aromatic heterocycles. The highest BCUT2D eigenvalue weighted by atomic mass is 16.5. The number of aromatic nitrogens is 2. The van der Waals surface area contributed by atoms with Gasteiger partial charge >= 0.3 is 0 Å². The molecule has 2 fully saturated rings. The molecule has 32 heavy (non-hydrogen) atoms. The maximum absolute atomic E-state index is 11.6. The minimum atomic E-state index is -0.770. The van der Waals surface area contributed by atoms with Crippen LogP contribution in [-0.2, 0) is 11.3 Å². The second-order valence-electron chi connectivity index (χ2n) is 8.95. The van der Waals surface area contributed by atoms with Crippen LogP contribution in [0.1, 0.15) is 31.2 Å². The first-order valence-corrected chi connectivity index (χ1v) is 11.4. The highest BCUT2D eigenvalue weighted by molar-refractivity contribution is 5.77. The highest BCUT2D eigenvalue weighted by Gasteiger charge is 2.37. The van der Waals surface area contributed by atoms with Crippen LogP contribution in [-0.4, -0.2) is 82.8 Å². The Morgan fingerprint density at radius 3 is 2.69 bits per heavy atom. The summed E-state index contributed by atoms with van der Waals surface area (Å²) in [5.41, 5.74) is 0.403. The van der Waals surface area contributed by atoms with E-state index in [1.165, 1.54) is 5.56 Å². The molecule has 1 N–H and O–H groups in total. The summed E-state index contributed by atoms with van der Waals surface area (Å²) < 4.78 is 5.83. The molecule has 1 atom stereocenters. The van der Waals surface area contributed by atoms with E-state index in [0.717, 1.165) is 44.8 Å². The number of amides is 1. The third-order valence-electron chi connectivity index (χ3n) is 6.12. The zero-order chi connectivity index (χ0) is 22.4. The summed E-state index contributed by atoms with van der Waals surface area (Å²) >= 11 is 0. The Morgan fingerprint density at radius 2 is 1.97 bits per heavy atom. The van der Waals surface area contributed by atoms with Crippen molar-refractivity contribution in [2.45, 2.75) is 37.8 Å². The highest BCUT2D eigenvalue weighted by Crippen LogP contribution is 2.25. The smallest absolute Gasteiger partial charge is 0.225 e. The number of nitrogens with zero attached hydrogens (tertiary/aromatic N) is 5. The maximum atomic E-state index is 11.6. The zero-order valence-electron chi connectivity index (χ0n) is 18.8. The Morgan fingerprint density at radius 1 is 1.19 bits per heavy atom. The van der Waals surface area contributed by atoms with Crippen LogP contribution in [0.15, 0.2) is 42.7 Å². The normalized spacial score (nSPS) is 21.0. The van der Waals surface area contributed by atoms with Gasteiger partial charge in [-0.25, -0.2) is 9.97 Å². The summed E-state index contributed by atoms with van der Waals surface area (Å²) in [6, 6.07) is 9.91. The molecule has 2 aliphatic heterocycles. The third kappa shape index (κ3) is 5.95. The molecule has 3 heterocycles. The molecule has 2 aliphatic rings. The van der Waals surface area contributed by atoms with E-state index in [0.29, 0.717) is 38.5 Å². The van der Waals surface area contributed by atoms with Crippen LogP contribution in [0.5, 0.6) is 5.75 Å². The van der Waals surface area contributed by atoms with E-state index in [1.54, 1.807) is 18.5 Å². The molecule has 0 radical (unpaired) electrons. The fraction of sp³-hybridized carbons (Fsp3) is 0.542. The molecule has 8 heteroatoms. The van der Waals surface area contributed by atoms with E-state index in [9.17, 15) is 9.90 Å². The van der Waals surface area contributed by atoms with Crippen LogP contribution >= 0.6 is 0 Å². The van der Waals surface area contributed by atoms with Gasteiger partial charge < -0.3 is 19.6 Å². The molecule has 0 aliphatic carbocycles. The van der Waals surface area contributed by atoms with E-state index >= 15 is 0 Å². The van der Waals surface area contributed by atoms with Gasteiger partial charge in [0.2, 0.25) is 11.9 Å². The molecule has 0 saturated carbocycles. The van der Waals surface area contributed by atoms with Gasteiger partial charge in [-0.1, -0.05) is 12.1 Å². The Labute approximate surface area is 189 Å². The standard InChI is InChI=1S/C24H33N5O3/c1-27(18-24(31)10-15-29(19-24)23-25-11-3-12-26-23)17-20-6-8-21(9-7-20)32-16-4-14-28-13-2-5-22(28)30/h3,6-9,11-12,31H,2,4-5,10,13-19H2,1H3/t24-/m0/s1. The predicted octanol–water partition coefficient (Wildman–Crippen LogP) is 1.94. The number of ether oxygens (including phenoxy) is 1. The van der Waals surface area contributed by atoms with Gasteiger partial charge in [0, 0.05) is 51.5 Å². The first-order chi connectivity index (χ1) is 15.5. The average Bonchev–Trinajstić information content (AvgIpc) is 3.38. The number of rotatable bonds is 10. The number of likely N-dealkylation sites (tertiary alicyclic amines) is 1. The minimum Gasteiger partial charge on any atom is -0.494 e. The van der Waals surface area contributed by atoms with Crippen molar-refractivity contribution in [3.05, 3.63) is 48.3 Å². The topological polar surface area (TPSA) is 82.0 Å². The molecule has 0 spiro atoms. The van der Waals surface area contributed by atoms with Crippen molar-refractivity contribution in [1.29, 1.82) is 0 Å². The van der Waals surface area contributed by atoms with E-state index in [2.05, 4.69) is 27.0 Å². The van der Waals surface area contributed by atoms with E-state index < -0.39 is 5.60 Å². The van der Waals surface area contributed by atoms with Crippen molar-refractivity contribution in [2.24, 2.45) is 0 Å². The molecule has 8 nitrogen and oxygen atoms in total. The molecular formula is C24H33N5O3. The molecule has 2 aromatic rings.